The average molecular weight is 523 g/mol. The van der Waals surface area contributed by atoms with Crippen LogP contribution in [0.15, 0.2) is 48.5 Å². The van der Waals surface area contributed by atoms with E-state index >= 15 is 0 Å². The van der Waals surface area contributed by atoms with E-state index in [9.17, 15) is 22.7 Å². The summed E-state index contributed by atoms with van der Waals surface area (Å²) in [4.78, 5) is 17.9. The van der Waals surface area contributed by atoms with Crippen molar-refractivity contribution in [3.05, 3.63) is 76.7 Å². The van der Waals surface area contributed by atoms with E-state index < -0.39 is 15.8 Å². The van der Waals surface area contributed by atoms with E-state index in [1.165, 1.54) is 12.3 Å². The second-order valence-electron chi connectivity index (χ2n) is 10.4. The van der Waals surface area contributed by atoms with Crippen LogP contribution in [0.1, 0.15) is 28.3 Å². The minimum absolute atomic E-state index is 0.0638. The van der Waals surface area contributed by atoms with Crippen molar-refractivity contribution in [3.8, 4) is 16.9 Å². The number of sulfone groups is 1. The number of benzene rings is 2. The summed E-state index contributed by atoms with van der Waals surface area (Å²) in [5, 5.41) is 8.94. The van der Waals surface area contributed by atoms with Gasteiger partial charge in [-0.15, -0.1) is 0 Å². The fraction of sp³-hybridized carbons (Fsp3) is 0.357. The third-order valence-corrected chi connectivity index (χ3v) is 9.49. The first-order valence-electron chi connectivity index (χ1n) is 12.3. The number of halogens is 1. The third kappa shape index (κ3) is 4.25. The zero-order chi connectivity index (χ0) is 26.1. The molecule has 192 valence electrons. The first-order chi connectivity index (χ1) is 17.6. The van der Waals surface area contributed by atoms with Crippen LogP contribution in [0.2, 0.25) is 0 Å². The molecule has 37 heavy (non-hydrogen) atoms. The molecule has 2 aromatic carbocycles. The molecule has 3 atom stereocenters. The van der Waals surface area contributed by atoms with E-state index in [4.69, 9.17) is 4.74 Å². The van der Waals surface area contributed by atoms with Crippen molar-refractivity contribution in [1.82, 2.24) is 4.98 Å². The van der Waals surface area contributed by atoms with Gasteiger partial charge >= 0.3 is 5.97 Å². The number of carbonyl (C=O) groups is 1. The molecule has 3 aliphatic rings. The Balaban J connectivity index is 1.15. The van der Waals surface area contributed by atoms with Crippen LogP contribution in [0.25, 0.3) is 11.1 Å². The van der Waals surface area contributed by atoms with Gasteiger partial charge in [-0.05, 0) is 72.4 Å². The number of aliphatic carboxylic acids is 1. The molecule has 0 radical (unpaired) electrons. The number of aryl methyl sites for hydroxylation is 1. The maximum atomic E-state index is 14.6. The van der Waals surface area contributed by atoms with Crippen LogP contribution in [-0.4, -0.2) is 49.1 Å². The quantitative estimate of drug-likeness (QED) is 0.501. The molecule has 1 N–H and O–H groups in total. The highest BCUT2D eigenvalue weighted by molar-refractivity contribution is 7.91. The monoisotopic (exact) mass is 522 g/mol. The fourth-order valence-corrected chi connectivity index (χ4v) is 6.66. The first-order valence-corrected chi connectivity index (χ1v) is 14.2. The molecule has 3 aromatic rings. The Labute approximate surface area is 214 Å². The highest BCUT2D eigenvalue weighted by Crippen LogP contribution is 2.61. The van der Waals surface area contributed by atoms with E-state index in [0.29, 0.717) is 24.4 Å². The topological polar surface area (TPSA) is 96.8 Å². The van der Waals surface area contributed by atoms with Gasteiger partial charge in [0.2, 0.25) is 0 Å². The molecule has 2 heterocycles. The number of ether oxygens (including phenoxy) is 1. The van der Waals surface area contributed by atoms with Crippen LogP contribution in [0.4, 0.5) is 10.2 Å². The molecular weight excluding hydrogens is 495 g/mol. The second-order valence-corrected chi connectivity index (χ2v) is 12.7. The minimum Gasteiger partial charge on any atom is -0.489 e. The molecule has 1 aromatic heterocycles. The Morgan fingerprint density at radius 2 is 1.95 bits per heavy atom. The van der Waals surface area contributed by atoms with Gasteiger partial charge in [0.25, 0.3) is 0 Å². The van der Waals surface area contributed by atoms with Gasteiger partial charge in [-0.25, -0.2) is 17.8 Å². The molecule has 1 saturated heterocycles. The van der Waals surface area contributed by atoms with Crippen molar-refractivity contribution < 1.29 is 27.4 Å². The molecular formula is C28H27FN2O5S. The molecule has 7 nitrogen and oxygen atoms in total. The number of pyridine rings is 1. The van der Waals surface area contributed by atoms with E-state index in [0.717, 1.165) is 40.2 Å². The smallest absolute Gasteiger partial charge is 0.307 e. The summed E-state index contributed by atoms with van der Waals surface area (Å²) in [5.74, 6) is 0.320. The Kier molecular flexibility index (Phi) is 5.52. The molecule has 1 saturated carbocycles. The van der Waals surface area contributed by atoms with Crippen LogP contribution in [0.5, 0.6) is 5.75 Å². The summed E-state index contributed by atoms with van der Waals surface area (Å²) in [7, 11) is -3.05. The van der Waals surface area contributed by atoms with Crippen LogP contribution < -0.4 is 9.64 Å². The lowest BCUT2D eigenvalue weighted by atomic mass is 10.0. The van der Waals surface area contributed by atoms with Gasteiger partial charge in [0.1, 0.15) is 24.0 Å². The van der Waals surface area contributed by atoms with Crippen LogP contribution in [-0.2, 0) is 27.7 Å². The molecule has 2 aliphatic carbocycles. The summed E-state index contributed by atoms with van der Waals surface area (Å²) < 4.78 is 43.9. The van der Waals surface area contributed by atoms with Crippen molar-refractivity contribution in [3.63, 3.8) is 0 Å². The third-order valence-electron chi connectivity index (χ3n) is 7.98. The summed E-state index contributed by atoms with van der Waals surface area (Å²) in [6.45, 7) is 2.82. The van der Waals surface area contributed by atoms with Gasteiger partial charge in [-0.1, -0.05) is 12.1 Å². The van der Waals surface area contributed by atoms with Crippen molar-refractivity contribution in [1.29, 1.82) is 0 Å². The average Bonchev–Trinajstić information content (AvgIpc) is 3.39. The van der Waals surface area contributed by atoms with Gasteiger partial charge < -0.3 is 14.7 Å². The van der Waals surface area contributed by atoms with Crippen molar-refractivity contribution >= 4 is 21.6 Å². The normalized spacial score (nSPS) is 22.2. The summed E-state index contributed by atoms with van der Waals surface area (Å²) >= 11 is 0. The first kappa shape index (κ1) is 23.9. The second kappa shape index (κ2) is 8.55. The number of hydrogen-bond donors (Lipinski definition) is 1. The predicted molar refractivity (Wildman–Crippen MR) is 137 cm³/mol. The zero-order valence-electron chi connectivity index (χ0n) is 20.5. The number of anilines is 1. The summed E-state index contributed by atoms with van der Waals surface area (Å²) in [6.07, 6.45) is 2.00. The molecule has 6 rings (SSSR count). The van der Waals surface area contributed by atoms with E-state index in [1.54, 1.807) is 12.1 Å². The number of nitrogens with zero attached hydrogens (tertiary/aromatic N) is 2. The highest BCUT2D eigenvalue weighted by atomic mass is 32.2. The molecule has 0 amide bonds. The molecule has 1 aliphatic heterocycles. The maximum Gasteiger partial charge on any atom is 0.307 e. The molecule has 2 fully saturated rings. The van der Waals surface area contributed by atoms with Crippen LogP contribution in [0.3, 0.4) is 0 Å². The van der Waals surface area contributed by atoms with Crippen molar-refractivity contribution in [2.24, 2.45) is 11.8 Å². The minimum atomic E-state index is -3.05. The SMILES string of the molecule is Cc1nc(N2CC(S(C)(=O)=O)C2)ccc1-c1ccc(F)c(COc2ccc3c(c2)C[C@H]2[C@H](C(=O)O)[C@@H]32)c1. The Morgan fingerprint density at radius 1 is 1.16 bits per heavy atom. The van der Waals surface area contributed by atoms with Crippen LogP contribution in [0, 0.1) is 24.6 Å². The zero-order valence-corrected chi connectivity index (χ0v) is 21.3. The highest BCUT2D eigenvalue weighted by Gasteiger charge is 2.59. The van der Waals surface area contributed by atoms with E-state index in [1.807, 2.05) is 42.2 Å². The van der Waals surface area contributed by atoms with Crippen LogP contribution >= 0.6 is 0 Å². The van der Waals surface area contributed by atoms with Crippen molar-refractivity contribution in [2.45, 2.75) is 31.1 Å². The molecule has 0 unspecified atom stereocenters. The number of aromatic nitrogens is 1. The van der Waals surface area contributed by atoms with Gasteiger partial charge in [-0.2, -0.15) is 0 Å². The van der Waals surface area contributed by atoms with E-state index in [-0.39, 0.29) is 35.4 Å². The lowest BCUT2D eigenvalue weighted by Crippen LogP contribution is -2.54. The number of hydrogen-bond acceptors (Lipinski definition) is 6. The van der Waals surface area contributed by atoms with Gasteiger partial charge in [-0.3, -0.25) is 4.79 Å². The van der Waals surface area contributed by atoms with Gasteiger partial charge in [0.15, 0.2) is 9.84 Å². The Bertz CT molecular complexity index is 1530. The Hall–Kier alpha value is -3.46. The fourth-order valence-electron chi connectivity index (χ4n) is 5.76. The lowest BCUT2D eigenvalue weighted by molar-refractivity contribution is -0.139. The number of carboxylic acids is 1. The molecule has 0 bridgehead atoms. The number of carboxylic acid groups (broad SMARTS) is 1. The van der Waals surface area contributed by atoms with Gasteiger partial charge in [0, 0.05) is 42.1 Å². The number of fused-ring (bicyclic) bond motifs is 3. The summed E-state index contributed by atoms with van der Waals surface area (Å²) in [6, 6.07) is 14.4. The Morgan fingerprint density at radius 3 is 2.65 bits per heavy atom. The predicted octanol–water partition coefficient (Wildman–Crippen LogP) is 3.98. The largest absolute Gasteiger partial charge is 0.489 e. The van der Waals surface area contributed by atoms with Crippen molar-refractivity contribution in [2.75, 3.05) is 24.2 Å². The number of rotatable bonds is 7. The van der Waals surface area contributed by atoms with E-state index in [2.05, 4.69) is 4.98 Å². The summed E-state index contributed by atoms with van der Waals surface area (Å²) in [5.41, 5.74) is 5.10. The molecule has 0 spiro atoms. The standard InChI is InChI=1S/C28H27FN2O5S/c1-15-21(6-8-25(30-15)31-12-20(13-31)37(2,34)35)16-3-7-24(29)18(9-16)14-36-19-4-5-22-17(10-19)11-23-26(22)27(23)28(32)33/h3-10,20,23,26-27H,11-14H2,1-2H3,(H,32,33)/t23-,26+,27+/m1/s1. The maximum absolute atomic E-state index is 14.6. The molecule has 9 heteroatoms. The van der Waals surface area contributed by atoms with Gasteiger partial charge in [0.05, 0.1) is 11.2 Å². The lowest BCUT2D eigenvalue weighted by Gasteiger charge is -2.39.